The minimum atomic E-state index is -2.89. The van der Waals surface area contributed by atoms with Gasteiger partial charge in [-0.3, -0.25) is 4.98 Å². The molecule has 3 aromatic heterocycles. The molecule has 5 rings (SSSR count). The second-order valence-corrected chi connectivity index (χ2v) is 14.3. The SMILES string of the molecule is CC(C)(C)[Si](Oc1c(-c2ncc(Br)cn2)oc2cnccc12)(c1ccccc1)c1ccccc1. The molecular weight excluding hydrogens is 506 g/mol. The summed E-state index contributed by atoms with van der Waals surface area (Å²) in [5.41, 5.74) is 0.636. The molecule has 0 atom stereocenters. The fourth-order valence-corrected chi connectivity index (χ4v) is 9.05. The van der Waals surface area contributed by atoms with Gasteiger partial charge >= 0.3 is 8.32 Å². The number of nitrogens with zero attached hydrogens (tertiary/aromatic N) is 3. The molecule has 0 aliphatic carbocycles. The van der Waals surface area contributed by atoms with Gasteiger partial charge < -0.3 is 8.84 Å². The van der Waals surface area contributed by atoms with Crippen LogP contribution in [0.15, 0.2) is 100 Å². The number of hydrogen-bond acceptors (Lipinski definition) is 5. The van der Waals surface area contributed by atoms with Gasteiger partial charge in [0.25, 0.3) is 0 Å². The molecule has 0 N–H and O–H groups in total. The number of pyridine rings is 1. The van der Waals surface area contributed by atoms with Gasteiger partial charge in [0.15, 0.2) is 17.2 Å². The molecule has 0 aliphatic rings. The van der Waals surface area contributed by atoms with Crippen LogP contribution >= 0.6 is 15.9 Å². The fourth-order valence-electron chi connectivity index (χ4n) is 4.41. The van der Waals surface area contributed by atoms with E-state index >= 15 is 0 Å². The van der Waals surface area contributed by atoms with Gasteiger partial charge in [-0.2, -0.15) is 0 Å². The van der Waals surface area contributed by atoms with Crippen molar-refractivity contribution in [2.45, 2.75) is 25.8 Å². The minimum Gasteiger partial charge on any atom is -0.531 e. The van der Waals surface area contributed by atoms with Crippen LogP contribution in [0.25, 0.3) is 22.6 Å². The zero-order valence-corrected chi connectivity index (χ0v) is 21.8. The van der Waals surface area contributed by atoms with Gasteiger partial charge in [-0.15, -0.1) is 0 Å². The number of benzene rings is 2. The smallest absolute Gasteiger partial charge is 0.320 e. The van der Waals surface area contributed by atoms with Crippen LogP contribution in [0.1, 0.15) is 20.8 Å². The Labute approximate surface area is 208 Å². The standard InChI is InChI=1S/C27H24BrN3O2Si/c1-27(2,3)34(20-10-6-4-7-11-20,21-12-8-5-9-13-21)33-24-22-14-15-29-18-23(22)32-25(24)26-30-16-19(28)17-31-26/h4-18H,1-3H3. The Morgan fingerprint density at radius 1 is 0.824 bits per heavy atom. The summed E-state index contributed by atoms with van der Waals surface area (Å²) in [6, 6.07) is 23.0. The number of fused-ring (bicyclic) bond motifs is 1. The van der Waals surface area contributed by atoms with Crippen LogP contribution in [0.3, 0.4) is 0 Å². The Morgan fingerprint density at radius 3 is 1.97 bits per heavy atom. The van der Waals surface area contributed by atoms with Gasteiger partial charge in [0, 0.05) is 18.6 Å². The summed E-state index contributed by atoms with van der Waals surface area (Å²) >= 11 is 3.42. The van der Waals surface area contributed by atoms with E-state index in [4.69, 9.17) is 8.84 Å². The Kier molecular flexibility index (Phi) is 5.83. The lowest BCUT2D eigenvalue weighted by Crippen LogP contribution is -2.68. The van der Waals surface area contributed by atoms with E-state index in [0.29, 0.717) is 22.9 Å². The third-order valence-electron chi connectivity index (χ3n) is 5.94. The van der Waals surface area contributed by atoms with Crippen molar-refractivity contribution >= 4 is 45.6 Å². The maximum Gasteiger partial charge on any atom is 0.320 e. The summed E-state index contributed by atoms with van der Waals surface area (Å²) in [7, 11) is -2.89. The van der Waals surface area contributed by atoms with Crippen LogP contribution in [-0.2, 0) is 0 Å². The number of rotatable bonds is 5. The van der Waals surface area contributed by atoms with Gasteiger partial charge in [0.2, 0.25) is 5.76 Å². The first-order valence-electron chi connectivity index (χ1n) is 11.0. The van der Waals surface area contributed by atoms with E-state index in [9.17, 15) is 0 Å². The lowest BCUT2D eigenvalue weighted by atomic mass is 10.2. The lowest BCUT2D eigenvalue weighted by molar-refractivity contribution is 0.501. The first-order valence-corrected chi connectivity index (χ1v) is 13.7. The van der Waals surface area contributed by atoms with E-state index in [1.165, 1.54) is 10.4 Å². The van der Waals surface area contributed by atoms with Crippen LogP contribution in [0.4, 0.5) is 0 Å². The fraction of sp³-hybridized carbons (Fsp3) is 0.148. The van der Waals surface area contributed by atoms with Crippen molar-refractivity contribution in [3.8, 4) is 17.3 Å². The third kappa shape index (κ3) is 3.84. The molecule has 0 saturated carbocycles. The van der Waals surface area contributed by atoms with Crippen molar-refractivity contribution < 1.29 is 8.84 Å². The molecule has 5 aromatic rings. The monoisotopic (exact) mass is 529 g/mol. The maximum absolute atomic E-state index is 7.33. The third-order valence-corrected chi connectivity index (χ3v) is 11.3. The lowest BCUT2D eigenvalue weighted by Gasteiger charge is -2.42. The molecule has 0 radical (unpaired) electrons. The number of aromatic nitrogens is 3. The van der Waals surface area contributed by atoms with Crippen LogP contribution in [0, 0.1) is 0 Å². The number of hydrogen-bond donors (Lipinski definition) is 0. The summed E-state index contributed by atoms with van der Waals surface area (Å²) in [5, 5.41) is 3.01. The average molecular weight is 530 g/mol. The van der Waals surface area contributed by atoms with Gasteiger partial charge in [0.1, 0.15) is 0 Å². The quantitative estimate of drug-likeness (QED) is 0.262. The number of furan rings is 1. The van der Waals surface area contributed by atoms with E-state index in [1.54, 1.807) is 24.8 Å². The Hall–Kier alpha value is -3.29. The van der Waals surface area contributed by atoms with E-state index in [1.807, 2.05) is 18.2 Å². The molecule has 5 nitrogen and oxygen atoms in total. The molecule has 0 fully saturated rings. The van der Waals surface area contributed by atoms with Crippen molar-refractivity contribution in [3.63, 3.8) is 0 Å². The number of halogens is 1. The van der Waals surface area contributed by atoms with Gasteiger partial charge in [-0.05, 0) is 37.4 Å². The highest BCUT2D eigenvalue weighted by molar-refractivity contribution is 9.10. The van der Waals surface area contributed by atoms with Crippen molar-refractivity contribution in [1.82, 2.24) is 15.0 Å². The highest BCUT2D eigenvalue weighted by atomic mass is 79.9. The first kappa shape index (κ1) is 22.5. The van der Waals surface area contributed by atoms with Gasteiger partial charge in [0.05, 0.1) is 16.1 Å². The molecule has 34 heavy (non-hydrogen) atoms. The molecule has 0 unspecified atom stereocenters. The summed E-state index contributed by atoms with van der Waals surface area (Å²) in [6.45, 7) is 6.75. The summed E-state index contributed by atoms with van der Waals surface area (Å²) in [4.78, 5) is 13.3. The molecule has 0 spiro atoms. The van der Waals surface area contributed by atoms with Crippen molar-refractivity contribution in [1.29, 1.82) is 0 Å². The summed E-state index contributed by atoms with van der Waals surface area (Å²) in [5.74, 6) is 1.62. The Morgan fingerprint density at radius 2 is 1.41 bits per heavy atom. The normalized spacial score (nSPS) is 12.1. The van der Waals surface area contributed by atoms with Crippen molar-refractivity contribution in [2.24, 2.45) is 0 Å². The largest absolute Gasteiger partial charge is 0.531 e. The van der Waals surface area contributed by atoms with E-state index in [0.717, 1.165) is 9.86 Å². The van der Waals surface area contributed by atoms with Crippen LogP contribution in [0.2, 0.25) is 5.04 Å². The van der Waals surface area contributed by atoms with Crippen molar-refractivity contribution in [2.75, 3.05) is 0 Å². The molecule has 0 aliphatic heterocycles. The van der Waals surface area contributed by atoms with Crippen LogP contribution in [-0.4, -0.2) is 23.3 Å². The highest BCUT2D eigenvalue weighted by Gasteiger charge is 2.53. The molecule has 7 heteroatoms. The van der Waals surface area contributed by atoms with Crippen molar-refractivity contribution in [3.05, 3.63) is 96.0 Å². The second-order valence-electron chi connectivity index (χ2n) is 9.12. The second kappa shape index (κ2) is 8.81. The molecule has 2 aromatic carbocycles. The van der Waals surface area contributed by atoms with E-state index < -0.39 is 8.32 Å². The molecular formula is C27H24BrN3O2Si. The predicted octanol–water partition coefficient (Wildman–Crippen LogP) is 5.99. The summed E-state index contributed by atoms with van der Waals surface area (Å²) in [6.07, 6.45) is 6.87. The van der Waals surface area contributed by atoms with Crippen LogP contribution < -0.4 is 14.8 Å². The first-order chi connectivity index (χ1) is 16.4. The molecule has 3 heterocycles. The van der Waals surface area contributed by atoms with E-state index in [-0.39, 0.29) is 5.04 Å². The maximum atomic E-state index is 7.33. The van der Waals surface area contributed by atoms with Crippen LogP contribution in [0.5, 0.6) is 5.75 Å². The minimum absolute atomic E-state index is 0.204. The van der Waals surface area contributed by atoms with Gasteiger partial charge in [-0.1, -0.05) is 81.4 Å². The molecule has 0 amide bonds. The predicted molar refractivity (Wildman–Crippen MR) is 141 cm³/mol. The average Bonchev–Trinajstić information content (AvgIpc) is 3.21. The van der Waals surface area contributed by atoms with E-state index in [2.05, 4.69) is 100 Å². The highest BCUT2D eigenvalue weighted by Crippen LogP contribution is 2.44. The zero-order chi connectivity index (χ0) is 23.8. The summed E-state index contributed by atoms with van der Waals surface area (Å²) < 4.78 is 14.4. The topological polar surface area (TPSA) is 61.0 Å². The Bertz CT molecular complexity index is 1380. The molecule has 170 valence electrons. The van der Waals surface area contributed by atoms with Gasteiger partial charge in [-0.25, -0.2) is 9.97 Å². The molecule has 0 saturated heterocycles. The molecule has 0 bridgehead atoms. The zero-order valence-electron chi connectivity index (χ0n) is 19.2. The Balaban J connectivity index is 1.82.